The Hall–Kier alpha value is -0.910. The maximum Gasteiger partial charge on any atom is 0.199 e. The first-order valence-electron chi connectivity index (χ1n) is 4.77. The monoisotopic (exact) mass is 215 g/mol. The molecule has 0 spiro atoms. The normalized spacial score (nSPS) is 18.9. The first-order valence-corrected chi connectivity index (χ1v) is 6.42. The molecule has 1 saturated carbocycles. The molecule has 78 valence electrons. The van der Waals surface area contributed by atoms with Crippen LogP contribution >= 0.6 is 0 Å². The summed E-state index contributed by atoms with van der Waals surface area (Å²) in [5.41, 5.74) is 0. The SMILES string of the molecule is O=S(=O)(CC1CCCC1)c1cn[nH]n1. The molecule has 1 heterocycles. The second-order valence-corrected chi connectivity index (χ2v) is 5.72. The van der Waals surface area contributed by atoms with Gasteiger partial charge in [-0.2, -0.15) is 10.3 Å². The van der Waals surface area contributed by atoms with Crippen molar-refractivity contribution in [1.29, 1.82) is 0 Å². The summed E-state index contributed by atoms with van der Waals surface area (Å²) in [6.45, 7) is 0. The van der Waals surface area contributed by atoms with Crippen molar-refractivity contribution in [2.24, 2.45) is 5.92 Å². The fourth-order valence-corrected chi connectivity index (χ4v) is 3.43. The van der Waals surface area contributed by atoms with E-state index in [1.807, 2.05) is 0 Å². The third kappa shape index (κ3) is 1.95. The van der Waals surface area contributed by atoms with E-state index in [9.17, 15) is 8.42 Å². The Morgan fingerprint density at radius 3 is 2.71 bits per heavy atom. The Kier molecular flexibility index (Phi) is 2.54. The lowest BCUT2D eigenvalue weighted by molar-refractivity contribution is 0.555. The van der Waals surface area contributed by atoms with Crippen LogP contribution in [0.15, 0.2) is 11.2 Å². The van der Waals surface area contributed by atoms with Crippen LogP contribution in [0.25, 0.3) is 0 Å². The molecular formula is C8H13N3O2S. The summed E-state index contributed by atoms with van der Waals surface area (Å²) >= 11 is 0. The molecule has 0 aliphatic heterocycles. The number of aromatic amines is 1. The van der Waals surface area contributed by atoms with Crippen LogP contribution in [0.3, 0.4) is 0 Å². The zero-order valence-electron chi connectivity index (χ0n) is 7.81. The largest absolute Gasteiger partial charge is 0.222 e. The zero-order chi connectivity index (χ0) is 10.0. The highest BCUT2D eigenvalue weighted by Gasteiger charge is 2.25. The molecule has 0 amide bonds. The molecule has 0 unspecified atom stereocenters. The number of H-pyrrole nitrogens is 1. The van der Waals surface area contributed by atoms with Gasteiger partial charge in [-0.05, 0) is 18.8 Å². The van der Waals surface area contributed by atoms with Gasteiger partial charge in [0.15, 0.2) is 14.9 Å². The van der Waals surface area contributed by atoms with Gasteiger partial charge in [0, 0.05) is 0 Å². The minimum Gasteiger partial charge on any atom is -0.222 e. The Morgan fingerprint density at radius 2 is 2.14 bits per heavy atom. The molecule has 6 heteroatoms. The van der Waals surface area contributed by atoms with E-state index in [-0.39, 0.29) is 10.8 Å². The molecule has 0 aromatic carbocycles. The number of nitrogens with one attached hydrogen (secondary N) is 1. The predicted molar refractivity (Wildman–Crippen MR) is 50.4 cm³/mol. The van der Waals surface area contributed by atoms with E-state index in [4.69, 9.17) is 0 Å². The van der Waals surface area contributed by atoms with Gasteiger partial charge in [0.1, 0.15) is 0 Å². The van der Waals surface area contributed by atoms with Crippen LogP contribution in [0.5, 0.6) is 0 Å². The van der Waals surface area contributed by atoms with Crippen LogP contribution in [0.2, 0.25) is 0 Å². The number of sulfone groups is 1. The van der Waals surface area contributed by atoms with Crippen molar-refractivity contribution in [2.45, 2.75) is 30.7 Å². The summed E-state index contributed by atoms with van der Waals surface area (Å²) in [5.74, 6) is 0.538. The fourth-order valence-electron chi connectivity index (χ4n) is 1.91. The van der Waals surface area contributed by atoms with Gasteiger partial charge in [-0.15, -0.1) is 5.10 Å². The molecule has 1 N–H and O–H groups in total. The highest BCUT2D eigenvalue weighted by atomic mass is 32.2. The van der Waals surface area contributed by atoms with Gasteiger partial charge in [-0.1, -0.05) is 12.8 Å². The van der Waals surface area contributed by atoms with Gasteiger partial charge in [0.2, 0.25) is 0 Å². The summed E-state index contributed by atoms with van der Waals surface area (Å²) in [5, 5.41) is 9.51. The van der Waals surface area contributed by atoms with Crippen LogP contribution in [0, 0.1) is 5.92 Å². The van der Waals surface area contributed by atoms with Gasteiger partial charge in [0.25, 0.3) is 0 Å². The number of hydrogen-bond acceptors (Lipinski definition) is 4. The molecule has 5 nitrogen and oxygen atoms in total. The second kappa shape index (κ2) is 3.68. The van der Waals surface area contributed by atoms with Crippen molar-refractivity contribution in [3.05, 3.63) is 6.20 Å². The van der Waals surface area contributed by atoms with E-state index < -0.39 is 9.84 Å². The van der Waals surface area contributed by atoms with Gasteiger partial charge in [-0.3, -0.25) is 0 Å². The number of rotatable bonds is 3. The maximum atomic E-state index is 11.7. The first kappa shape index (κ1) is 9.64. The van der Waals surface area contributed by atoms with Crippen molar-refractivity contribution in [1.82, 2.24) is 15.4 Å². The third-order valence-corrected chi connectivity index (χ3v) is 4.39. The number of nitrogens with zero attached hydrogens (tertiary/aromatic N) is 2. The molecule has 2 rings (SSSR count). The van der Waals surface area contributed by atoms with E-state index in [1.54, 1.807) is 0 Å². The zero-order valence-corrected chi connectivity index (χ0v) is 8.63. The van der Waals surface area contributed by atoms with Crippen LogP contribution in [-0.2, 0) is 9.84 Å². The lowest BCUT2D eigenvalue weighted by Crippen LogP contribution is -2.14. The van der Waals surface area contributed by atoms with Crippen molar-refractivity contribution in [2.75, 3.05) is 5.75 Å². The minimum atomic E-state index is -3.21. The summed E-state index contributed by atoms with van der Waals surface area (Å²) < 4.78 is 23.5. The van der Waals surface area contributed by atoms with E-state index in [2.05, 4.69) is 15.4 Å². The van der Waals surface area contributed by atoms with E-state index in [0.717, 1.165) is 25.7 Å². The Morgan fingerprint density at radius 1 is 1.43 bits per heavy atom. The lowest BCUT2D eigenvalue weighted by Gasteiger charge is -2.06. The molecule has 1 aliphatic rings. The average molecular weight is 215 g/mol. The van der Waals surface area contributed by atoms with Crippen LogP contribution < -0.4 is 0 Å². The molecule has 1 aliphatic carbocycles. The molecule has 1 fully saturated rings. The van der Waals surface area contributed by atoms with Crippen molar-refractivity contribution in [3.63, 3.8) is 0 Å². The average Bonchev–Trinajstić information content (AvgIpc) is 2.71. The van der Waals surface area contributed by atoms with E-state index >= 15 is 0 Å². The predicted octanol–water partition coefficient (Wildman–Crippen LogP) is 0.769. The Balaban J connectivity index is 2.09. The molecule has 1 aromatic rings. The van der Waals surface area contributed by atoms with Crippen molar-refractivity contribution >= 4 is 9.84 Å². The van der Waals surface area contributed by atoms with Crippen molar-refractivity contribution < 1.29 is 8.42 Å². The van der Waals surface area contributed by atoms with Crippen LogP contribution in [0.4, 0.5) is 0 Å². The summed E-state index contributed by atoms with van der Waals surface area (Å²) in [6, 6.07) is 0. The molecule has 1 aromatic heterocycles. The van der Waals surface area contributed by atoms with Crippen LogP contribution in [0.1, 0.15) is 25.7 Å². The molecule has 0 atom stereocenters. The highest BCUT2D eigenvalue weighted by molar-refractivity contribution is 7.91. The quantitative estimate of drug-likeness (QED) is 0.808. The summed E-state index contributed by atoms with van der Waals surface area (Å²) in [7, 11) is -3.21. The Bertz CT molecular complexity index is 379. The highest BCUT2D eigenvalue weighted by Crippen LogP contribution is 2.27. The molecule has 0 saturated heterocycles. The summed E-state index contributed by atoms with van der Waals surface area (Å²) in [6.07, 6.45) is 5.62. The van der Waals surface area contributed by atoms with Gasteiger partial charge in [-0.25, -0.2) is 8.42 Å². The van der Waals surface area contributed by atoms with Gasteiger partial charge in [0.05, 0.1) is 11.9 Å². The standard InChI is InChI=1S/C8H13N3O2S/c12-14(13,8-5-9-11-10-8)6-7-3-1-2-4-7/h5,7H,1-4,6H2,(H,9,10,11). The topological polar surface area (TPSA) is 75.7 Å². The van der Waals surface area contributed by atoms with Crippen molar-refractivity contribution in [3.8, 4) is 0 Å². The van der Waals surface area contributed by atoms with Gasteiger partial charge < -0.3 is 0 Å². The number of hydrogen-bond donors (Lipinski definition) is 1. The molecular weight excluding hydrogens is 202 g/mol. The van der Waals surface area contributed by atoms with Gasteiger partial charge >= 0.3 is 0 Å². The third-order valence-electron chi connectivity index (χ3n) is 2.64. The van der Waals surface area contributed by atoms with E-state index in [1.165, 1.54) is 6.20 Å². The fraction of sp³-hybridized carbons (Fsp3) is 0.750. The van der Waals surface area contributed by atoms with Crippen LogP contribution in [-0.4, -0.2) is 29.6 Å². The summed E-state index contributed by atoms with van der Waals surface area (Å²) in [4.78, 5) is 0. The molecule has 0 radical (unpaired) electrons. The maximum absolute atomic E-state index is 11.7. The second-order valence-electron chi connectivity index (χ2n) is 3.74. The van der Waals surface area contributed by atoms with E-state index in [0.29, 0.717) is 5.92 Å². The minimum absolute atomic E-state index is 0.0735. The number of aromatic nitrogens is 3. The Labute approximate surface area is 82.8 Å². The molecule has 14 heavy (non-hydrogen) atoms. The smallest absolute Gasteiger partial charge is 0.199 e. The molecule has 0 bridgehead atoms. The first-order chi connectivity index (χ1) is 6.68. The lowest BCUT2D eigenvalue weighted by atomic mass is 10.1.